The summed E-state index contributed by atoms with van der Waals surface area (Å²) in [5.41, 5.74) is 2.02. The van der Waals surface area contributed by atoms with Crippen molar-refractivity contribution in [2.24, 2.45) is 0 Å². The second kappa shape index (κ2) is 4.24. The fraction of sp³-hybridized carbons (Fsp3) is 0.200. The quantitative estimate of drug-likeness (QED) is 0.890. The summed E-state index contributed by atoms with van der Waals surface area (Å²) in [5, 5.41) is 0.557. The summed E-state index contributed by atoms with van der Waals surface area (Å²) in [6, 6.07) is 4.90. The van der Waals surface area contributed by atoms with Gasteiger partial charge in [-0.2, -0.15) is 0 Å². The Morgan fingerprint density at radius 1 is 1.47 bits per heavy atom. The minimum Gasteiger partial charge on any atom is -0.284 e. The third kappa shape index (κ3) is 3.57. The molecule has 0 saturated heterocycles. The van der Waals surface area contributed by atoms with Gasteiger partial charge in [0.05, 0.1) is 6.26 Å². The average molecular weight is 246 g/mol. The number of anilines is 1. The molecule has 0 aliphatic rings. The van der Waals surface area contributed by atoms with Crippen LogP contribution >= 0.6 is 11.6 Å². The van der Waals surface area contributed by atoms with Crippen LogP contribution in [0.1, 0.15) is 12.5 Å². The third-order valence-corrected chi connectivity index (χ3v) is 2.67. The maximum Gasteiger partial charge on any atom is 0.229 e. The van der Waals surface area contributed by atoms with Crippen molar-refractivity contribution in [2.45, 2.75) is 6.92 Å². The van der Waals surface area contributed by atoms with E-state index in [0.717, 1.165) is 17.4 Å². The van der Waals surface area contributed by atoms with Crippen LogP contribution in [0.4, 0.5) is 5.69 Å². The Morgan fingerprint density at radius 2 is 2.07 bits per heavy atom. The molecule has 0 radical (unpaired) electrons. The summed E-state index contributed by atoms with van der Waals surface area (Å²) in [5.74, 6) is 0. The van der Waals surface area contributed by atoms with Crippen LogP contribution in [0.25, 0.3) is 5.57 Å². The lowest BCUT2D eigenvalue weighted by Crippen LogP contribution is -2.09. The molecule has 0 heterocycles. The van der Waals surface area contributed by atoms with E-state index in [0.29, 0.717) is 10.7 Å². The fourth-order valence-corrected chi connectivity index (χ4v) is 1.96. The molecule has 0 aliphatic heterocycles. The second-order valence-corrected chi connectivity index (χ2v) is 5.50. The Labute approximate surface area is 94.8 Å². The van der Waals surface area contributed by atoms with Gasteiger partial charge in [0.25, 0.3) is 0 Å². The summed E-state index contributed by atoms with van der Waals surface area (Å²) in [4.78, 5) is 0. The SMILES string of the molecule is C=C(C)c1cc(NS(C)(=O)=O)ccc1Cl. The molecule has 1 rings (SSSR count). The van der Waals surface area contributed by atoms with Gasteiger partial charge in [0.1, 0.15) is 0 Å². The monoisotopic (exact) mass is 245 g/mol. The molecular formula is C10H12ClNO2S. The maximum atomic E-state index is 11.0. The zero-order chi connectivity index (χ0) is 11.6. The molecule has 0 fully saturated rings. The lowest BCUT2D eigenvalue weighted by atomic mass is 10.1. The summed E-state index contributed by atoms with van der Waals surface area (Å²) in [6.07, 6.45) is 1.10. The molecule has 1 aromatic carbocycles. The number of benzene rings is 1. The first-order valence-corrected chi connectivity index (χ1v) is 6.50. The molecule has 0 unspecified atom stereocenters. The molecular weight excluding hydrogens is 234 g/mol. The first-order chi connectivity index (χ1) is 6.79. The summed E-state index contributed by atoms with van der Waals surface area (Å²) in [6.45, 7) is 5.57. The number of hydrogen-bond donors (Lipinski definition) is 1. The molecule has 0 aromatic heterocycles. The highest BCUT2D eigenvalue weighted by Crippen LogP contribution is 2.26. The van der Waals surface area contributed by atoms with Crippen molar-refractivity contribution in [1.29, 1.82) is 0 Å². The molecule has 0 saturated carbocycles. The van der Waals surface area contributed by atoms with Crippen LogP contribution in [0.3, 0.4) is 0 Å². The molecule has 0 aliphatic carbocycles. The standard InChI is InChI=1S/C10H12ClNO2S/c1-7(2)9-6-8(4-5-10(9)11)12-15(3,13)14/h4-6,12H,1H2,2-3H3. The Kier molecular flexibility index (Phi) is 3.42. The van der Waals surface area contributed by atoms with E-state index in [-0.39, 0.29) is 0 Å². The number of rotatable bonds is 3. The van der Waals surface area contributed by atoms with Crippen molar-refractivity contribution < 1.29 is 8.42 Å². The van der Waals surface area contributed by atoms with Gasteiger partial charge in [-0.05, 0) is 36.3 Å². The van der Waals surface area contributed by atoms with Gasteiger partial charge in [0.2, 0.25) is 10.0 Å². The highest BCUT2D eigenvalue weighted by molar-refractivity contribution is 7.92. The van der Waals surface area contributed by atoms with E-state index in [1.54, 1.807) is 18.2 Å². The van der Waals surface area contributed by atoms with Crippen LogP contribution in [-0.4, -0.2) is 14.7 Å². The maximum absolute atomic E-state index is 11.0. The molecule has 5 heteroatoms. The topological polar surface area (TPSA) is 46.2 Å². The van der Waals surface area contributed by atoms with Crippen molar-refractivity contribution in [3.05, 3.63) is 35.4 Å². The van der Waals surface area contributed by atoms with Gasteiger partial charge in [0, 0.05) is 10.7 Å². The zero-order valence-corrected chi connectivity index (χ0v) is 10.1. The van der Waals surface area contributed by atoms with E-state index in [2.05, 4.69) is 11.3 Å². The Balaban J connectivity index is 3.14. The van der Waals surface area contributed by atoms with Gasteiger partial charge in [0.15, 0.2) is 0 Å². The summed E-state index contributed by atoms with van der Waals surface area (Å²) < 4.78 is 24.4. The molecule has 0 bridgehead atoms. The van der Waals surface area contributed by atoms with Crippen molar-refractivity contribution in [1.82, 2.24) is 0 Å². The van der Waals surface area contributed by atoms with Crippen LogP contribution in [0.15, 0.2) is 24.8 Å². The summed E-state index contributed by atoms with van der Waals surface area (Å²) in [7, 11) is -3.26. The van der Waals surface area contributed by atoms with Gasteiger partial charge >= 0.3 is 0 Å². The van der Waals surface area contributed by atoms with Gasteiger partial charge in [-0.15, -0.1) is 0 Å². The first kappa shape index (κ1) is 12.1. The molecule has 15 heavy (non-hydrogen) atoms. The Hall–Kier alpha value is -1.00. The highest BCUT2D eigenvalue weighted by atomic mass is 35.5. The van der Waals surface area contributed by atoms with E-state index in [4.69, 9.17) is 11.6 Å². The van der Waals surface area contributed by atoms with Crippen molar-refractivity contribution in [3.63, 3.8) is 0 Å². The van der Waals surface area contributed by atoms with Crippen LogP contribution in [0.2, 0.25) is 5.02 Å². The number of allylic oxidation sites excluding steroid dienone is 1. The van der Waals surface area contributed by atoms with E-state index < -0.39 is 10.0 Å². The van der Waals surface area contributed by atoms with E-state index >= 15 is 0 Å². The van der Waals surface area contributed by atoms with Gasteiger partial charge < -0.3 is 0 Å². The minimum absolute atomic E-state index is 0.486. The zero-order valence-electron chi connectivity index (χ0n) is 8.54. The molecule has 1 aromatic rings. The number of hydrogen-bond acceptors (Lipinski definition) is 2. The predicted octanol–water partition coefficient (Wildman–Crippen LogP) is 2.74. The normalized spacial score (nSPS) is 11.1. The molecule has 0 amide bonds. The number of sulfonamides is 1. The van der Waals surface area contributed by atoms with Crippen LogP contribution in [0.5, 0.6) is 0 Å². The van der Waals surface area contributed by atoms with Crippen molar-refractivity contribution in [3.8, 4) is 0 Å². The first-order valence-electron chi connectivity index (χ1n) is 4.23. The van der Waals surface area contributed by atoms with E-state index in [1.165, 1.54) is 0 Å². The highest BCUT2D eigenvalue weighted by Gasteiger charge is 2.06. The van der Waals surface area contributed by atoms with Crippen LogP contribution < -0.4 is 4.72 Å². The lowest BCUT2D eigenvalue weighted by Gasteiger charge is -2.08. The molecule has 1 N–H and O–H groups in total. The molecule has 3 nitrogen and oxygen atoms in total. The summed E-state index contributed by atoms with van der Waals surface area (Å²) >= 11 is 5.92. The Morgan fingerprint density at radius 3 is 2.53 bits per heavy atom. The van der Waals surface area contributed by atoms with E-state index in [1.807, 2.05) is 6.92 Å². The van der Waals surface area contributed by atoms with Crippen LogP contribution in [-0.2, 0) is 10.0 Å². The van der Waals surface area contributed by atoms with Crippen molar-refractivity contribution in [2.75, 3.05) is 11.0 Å². The van der Waals surface area contributed by atoms with E-state index in [9.17, 15) is 8.42 Å². The minimum atomic E-state index is -3.26. The van der Waals surface area contributed by atoms with Gasteiger partial charge in [-0.1, -0.05) is 18.2 Å². The van der Waals surface area contributed by atoms with Crippen LogP contribution in [0, 0.1) is 0 Å². The van der Waals surface area contributed by atoms with Gasteiger partial charge in [-0.25, -0.2) is 8.42 Å². The predicted molar refractivity (Wildman–Crippen MR) is 64.6 cm³/mol. The molecule has 0 atom stereocenters. The Bertz CT molecular complexity index is 494. The molecule has 82 valence electrons. The number of halogens is 1. The smallest absolute Gasteiger partial charge is 0.229 e. The largest absolute Gasteiger partial charge is 0.284 e. The van der Waals surface area contributed by atoms with Crippen molar-refractivity contribution >= 4 is 32.9 Å². The molecule has 0 spiro atoms. The second-order valence-electron chi connectivity index (χ2n) is 3.35. The van der Waals surface area contributed by atoms with Gasteiger partial charge in [-0.3, -0.25) is 4.72 Å². The fourth-order valence-electron chi connectivity index (χ4n) is 1.13. The third-order valence-electron chi connectivity index (χ3n) is 1.73. The average Bonchev–Trinajstić information content (AvgIpc) is 2.05. The number of nitrogens with one attached hydrogen (secondary N) is 1. The lowest BCUT2D eigenvalue weighted by molar-refractivity contribution is 0.607.